The molecule has 0 saturated carbocycles. The van der Waals surface area contributed by atoms with Gasteiger partial charge in [0.2, 0.25) is 0 Å². The molecular weight excluding hydrogens is 639 g/mol. The van der Waals surface area contributed by atoms with Gasteiger partial charge in [0.15, 0.2) is 0 Å². The van der Waals surface area contributed by atoms with Crippen molar-refractivity contribution in [3.05, 3.63) is 181 Å². The van der Waals surface area contributed by atoms with Crippen molar-refractivity contribution in [2.24, 2.45) is 0 Å². The Morgan fingerprint density at radius 3 is 2.10 bits per heavy atom. The highest BCUT2D eigenvalue weighted by molar-refractivity contribution is 7.26. The molecule has 0 spiro atoms. The molecule has 10 aromatic rings. The SMILES string of the molecule is C1=CC(c2cccc3c2sc2ccccc23)CC(c2cccc(-n3c4ccc(-n5c6ccccc6c6ccccc65)cc4c4ncccc43)c2)=C1. The van der Waals surface area contributed by atoms with Gasteiger partial charge in [-0.3, -0.25) is 4.98 Å². The fourth-order valence-corrected chi connectivity index (χ4v) is 9.73. The third-order valence-electron chi connectivity index (χ3n) is 10.7. The van der Waals surface area contributed by atoms with Crippen molar-refractivity contribution in [2.45, 2.75) is 12.3 Å². The molecule has 0 aliphatic heterocycles. The summed E-state index contributed by atoms with van der Waals surface area (Å²) in [4.78, 5) is 4.95. The summed E-state index contributed by atoms with van der Waals surface area (Å²) >= 11 is 1.92. The molecule has 3 nitrogen and oxygen atoms in total. The van der Waals surface area contributed by atoms with Crippen molar-refractivity contribution in [3.63, 3.8) is 0 Å². The van der Waals surface area contributed by atoms with Gasteiger partial charge in [-0.15, -0.1) is 11.3 Å². The van der Waals surface area contributed by atoms with Crippen LogP contribution in [0.1, 0.15) is 23.5 Å². The number of thiophene rings is 1. The highest BCUT2D eigenvalue weighted by Crippen LogP contribution is 2.43. The van der Waals surface area contributed by atoms with Crippen LogP contribution in [-0.2, 0) is 0 Å². The molecule has 0 radical (unpaired) electrons. The van der Waals surface area contributed by atoms with E-state index < -0.39 is 0 Å². The molecule has 1 unspecified atom stereocenters. The normalized spacial score (nSPS) is 14.8. The largest absolute Gasteiger partial charge is 0.309 e. The topological polar surface area (TPSA) is 22.8 Å². The number of hydrogen-bond donors (Lipinski definition) is 0. The monoisotopic (exact) mass is 669 g/mol. The number of allylic oxidation sites excluding steroid dienone is 4. The summed E-state index contributed by atoms with van der Waals surface area (Å²) in [7, 11) is 0. The van der Waals surface area contributed by atoms with E-state index in [4.69, 9.17) is 4.98 Å². The van der Waals surface area contributed by atoms with E-state index in [-0.39, 0.29) is 0 Å². The molecular formula is C47H31N3S. The zero-order valence-corrected chi connectivity index (χ0v) is 28.5. The van der Waals surface area contributed by atoms with Crippen LogP contribution in [-0.4, -0.2) is 14.1 Å². The van der Waals surface area contributed by atoms with Crippen LogP contribution < -0.4 is 0 Å². The van der Waals surface area contributed by atoms with Crippen molar-refractivity contribution in [2.75, 3.05) is 0 Å². The van der Waals surface area contributed by atoms with Gasteiger partial charge in [-0.25, -0.2) is 0 Å². The Balaban J connectivity index is 1.01. The first-order valence-electron chi connectivity index (χ1n) is 17.6. The van der Waals surface area contributed by atoms with Crippen LogP contribution in [0.5, 0.6) is 0 Å². The van der Waals surface area contributed by atoms with Gasteiger partial charge in [0, 0.05) is 59.8 Å². The molecule has 0 fully saturated rings. The van der Waals surface area contributed by atoms with E-state index in [1.54, 1.807) is 0 Å². The Morgan fingerprint density at radius 1 is 0.549 bits per heavy atom. The quantitative estimate of drug-likeness (QED) is 0.183. The van der Waals surface area contributed by atoms with Gasteiger partial charge in [0.1, 0.15) is 0 Å². The first-order valence-corrected chi connectivity index (χ1v) is 18.4. The van der Waals surface area contributed by atoms with E-state index in [9.17, 15) is 0 Å². The van der Waals surface area contributed by atoms with E-state index >= 15 is 0 Å². The molecule has 0 N–H and O–H groups in total. The Labute approximate surface area is 298 Å². The van der Waals surface area contributed by atoms with Crippen LogP contribution in [0.2, 0.25) is 0 Å². The minimum absolute atomic E-state index is 0.321. The molecule has 1 atom stereocenters. The second kappa shape index (κ2) is 11.1. The number of pyridine rings is 1. The predicted octanol–water partition coefficient (Wildman–Crippen LogP) is 12.8. The summed E-state index contributed by atoms with van der Waals surface area (Å²) in [6.45, 7) is 0. The fraction of sp³-hybridized carbons (Fsp3) is 0.0426. The van der Waals surface area contributed by atoms with Crippen molar-refractivity contribution < 1.29 is 0 Å². The molecule has 0 saturated heterocycles. The average molecular weight is 670 g/mol. The lowest BCUT2D eigenvalue weighted by Crippen LogP contribution is -2.02. The van der Waals surface area contributed by atoms with Crippen LogP contribution >= 0.6 is 11.3 Å². The van der Waals surface area contributed by atoms with Crippen LogP contribution in [0, 0.1) is 0 Å². The number of aromatic nitrogens is 3. The summed E-state index contributed by atoms with van der Waals surface area (Å²) in [6, 6.07) is 53.1. The molecule has 240 valence electrons. The van der Waals surface area contributed by atoms with Gasteiger partial charge in [-0.1, -0.05) is 103 Å². The minimum Gasteiger partial charge on any atom is -0.309 e. The summed E-state index contributed by atoms with van der Waals surface area (Å²) in [6.07, 6.45) is 9.80. The second-order valence-corrected chi connectivity index (χ2v) is 14.6. The number of benzene rings is 6. The molecule has 51 heavy (non-hydrogen) atoms. The van der Waals surface area contributed by atoms with Gasteiger partial charge in [-0.2, -0.15) is 0 Å². The number of nitrogens with zero attached hydrogens (tertiary/aromatic N) is 3. The van der Waals surface area contributed by atoms with Crippen LogP contribution in [0.15, 0.2) is 170 Å². The second-order valence-electron chi connectivity index (χ2n) is 13.5. The minimum atomic E-state index is 0.321. The number of para-hydroxylation sites is 2. The first kappa shape index (κ1) is 28.6. The maximum Gasteiger partial charge on any atom is 0.0964 e. The van der Waals surface area contributed by atoms with E-state index in [1.807, 2.05) is 23.6 Å². The van der Waals surface area contributed by atoms with E-state index in [1.165, 1.54) is 58.7 Å². The molecule has 4 aromatic heterocycles. The molecule has 6 aromatic carbocycles. The zero-order valence-electron chi connectivity index (χ0n) is 27.7. The average Bonchev–Trinajstić information content (AvgIpc) is 3.86. The maximum atomic E-state index is 4.95. The zero-order chi connectivity index (χ0) is 33.5. The number of hydrogen-bond acceptors (Lipinski definition) is 2. The van der Waals surface area contributed by atoms with E-state index in [2.05, 4.69) is 167 Å². The Hall–Kier alpha value is -6.23. The van der Waals surface area contributed by atoms with Crippen LogP contribution in [0.25, 0.3) is 80.9 Å². The maximum absolute atomic E-state index is 4.95. The summed E-state index contributed by atoms with van der Waals surface area (Å²) < 4.78 is 7.52. The summed E-state index contributed by atoms with van der Waals surface area (Å²) in [5.41, 5.74) is 12.0. The number of rotatable bonds is 4. The Morgan fingerprint density at radius 2 is 1.24 bits per heavy atom. The lowest BCUT2D eigenvalue weighted by Gasteiger charge is -2.21. The highest BCUT2D eigenvalue weighted by Gasteiger charge is 2.21. The molecule has 1 aliphatic carbocycles. The summed E-state index contributed by atoms with van der Waals surface area (Å²) in [5.74, 6) is 0.321. The van der Waals surface area contributed by atoms with E-state index in [0.717, 1.165) is 39.7 Å². The Kier molecular flexibility index (Phi) is 6.25. The molecule has 1 aliphatic rings. The van der Waals surface area contributed by atoms with Gasteiger partial charge in [-0.05, 0) is 83.8 Å². The van der Waals surface area contributed by atoms with Crippen molar-refractivity contribution in [1.29, 1.82) is 0 Å². The molecule has 11 rings (SSSR count). The van der Waals surface area contributed by atoms with Gasteiger partial charge < -0.3 is 9.13 Å². The summed E-state index contributed by atoms with van der Waals surface area (Å²) in [5, 5.41) is 6.39. The standard InChI is InChI=1S/C47H31N3S/c1-4-20-41-36(15-1)37-16-2-5-21-42(37)49(41)34-24-25-43-40(29-34)46-44(22-10-26-48-46)50(43)33-14-8-12-31(28-33)30-11-7-13-32(27-30)35-18-9-19-39-38-17-3-6-23-45(38)51-47(35)39/h1-26,28-29,32H,27H2. The molecule has 4 heteroatoms. The molecule has 4 heterocycles. The van der Waals surface area contributed by atoms with Crippen molar-refractivity contribution in [1.82, 2.24) is 14.1 Å². The van der Waals surface area contributed by atoms with Crippen molar-refractivity contribution in [3.8, 4) is 11.4 Å². The van der Waals surface area contributed by atoms with E-state index in [0.29, 0.717) is 5.92 Å². The smallest absolute Gasteiger partial charge is 0.0964 e. The van der Waals surface area contributed by atoms with Gasteiger partial charge in [0.25, 0.3) is 0 Å². The lowest BCUT2D eigenvalue weighted by atomic mass is 9.85. The Bertz CT molecular complexity index is 3020. The van der Waals surface area contributed by atoms with Gasteiger partial charge >= 0.3 is 0 Å². The van der Waals surface area contributed by atoms with Crippen molar-refractivity contribution >= 4 is 80.8 Å². The fourth-order valence-electron chi connectivity index (χ4n) is 8.45. The van der Waals surface area contributed by atoms with Crippen LogP contribution in [0.3, 0.4) is 0 Å². The highest BCUT2D eigenvalue weighted by atomic mass is 32.1. The predicted molar refractivity (Wildman–Crippen MR) is 217 cm³/mol. The first-order chi connectivity index (χ1) is 25.3. The van der Waals surface area contributed by atoms with Crippen LogP contribution in [0.4, 0.5) is 0 Å². The third kappa shape index (κ3) is 4.33. The molecule has 0 amide bonds. The number of fused-ring (bicyclic) bond motifs is 9. The third-order valence-corrected chi connectivity index (χ3v) is 12.0. The lowest BCUT2D eigenvalue weighted by molar-refractivity contribution is 0.877. The van der Waals surface area contributed by atoms with Gasteiger partial charge in [0.05, 0.1) is 27.6 Å². The molecule has 0 bridgehead atoms.